The molecule has 16 heavy (non-hydrogen) atoms. The molecule has 0 unspecified atom stereocenters. The van der Waals surface area contributed by atoms with Gasteiger partial charge in [-0.3, -0.25) is 0 Å². The number of nitrogens with zero attached hydrogens (tertiary/aromatic N) is 2. The minimum Gasteiger partial charge on any atom is -0.383 e. The predicted octanol–water partition coefficient (Wildman–Crippen LogP) is 2.75. The van der Waals surface area contributed by atoms with Gasteiger partial charge < -0.3 is 5.73 Å². The Balaban J connectivity index is 3.25. The van der Waals surface area contributed by atoms with Gasteiger partial charge in [-0.1, -0.05) is 25.6 Å². The quantitative estimate of drug-likeness (QED) is 0.422. The molecular weight excluding hydrogens is 214 g/mol. The van der Waals surface area contributed by atoms with Crippen molar-refractivity contribution >= 4 is 19.6 Å². The summed E-state index contributed by atoms with van der Waals surface area (Å²) in [6, 6.07) is 1.72. The van der Waals surface area contributed by atoms with Crippen LogP contribution in [0.4, 0.5) is 11.5 Å². The number of nitrogens with two attached hydrogens (primary N) is 1. The number of pyridine rings is 1. The molecule has 3 nitrogen and oxygen atoms in total. The Bertz CT molecular complexity index is 510. The van der Waals surface area contributed by atoms with Crippen LogP contribution in [0.25, 0.3) is 4.85 Å². The smallest absolute Gasteiger partial charge is 0.209 e. The fourth-order valence-corrected chi connectivity index (χ4v) is 1.59. The summed E-state index contributed by atoms with van der Waals surface area (Å²) < 4.78 is 0. The lowest BCUT2D eigenvalue weighted by atomic mass is 10.2. The standard InChI is InChI=1S/C12H15N3Si/c1-9-11(14-2)8-10(12(13)15-9)6-7-16(3,4)5/h8H,1,3-5H3,(H2,13,15). The van der Waals surface area contributed by atoms with E-state index in [1.54, 1.807) is 13.0 Å². The van der Waals surface area contributed by atoms with E-state index in [1.807, 2.05) is 0 Å². The lowest BCUT2D eigenvalue weighted by molar-refractivity contribution is 1.21. The largest absolute Gasteiger partial charge is 0.383 e. The Kier molecular flexibility index (Phi) is 3.37. The van der Waals surface area contributed by atoms with Crippen LogP contribution in [0.5, 0.6) is 0 Å². The summed E-state index contributed by atoms with van der Waals surface area (Å²) in [5.74, 6) is 3.45. The maximum atomic E-state index is 7.01. The zero-order chi connectivity index (χ0) is 12.3. The van der Waals surface area contributed by atoms with Crippen LogP contribution < -0.4 is 5.73 Å². The molecule has 0 saturated heterocycles. The molecule has 0 aliphatic heterocycles. The summed E-state index contributed by atoms with van der Waals surface area (Å²) in [5, 5.41) is 0. The van der Waals surface area contributed by atoms with E-state index in [0.717, 1.165) is 0 Å². The van der Waals surface area contributed by atoms with E-state index < -0.39 is 8.07 Å². The summed E-state index contributed by atoms with van der Waals surface area (Å²) in [7, 11) is -1.43. The van der Waals surface area contributed by atoms with Gasteiger partial charge in [-0.05, 0) is 13.0 Å². The second-order valence-electron chi connectivity index (χ2n) is 4.64. The van der Waals surface area contributed by atoms with Crippen LogP contribution in [0.3, 0.4) is 0 Å². The first-order valence-corrected chi connectivity index (χ1v) is 8.51. The first-order valence-electron chi connectivity index (χ1n) is 5.01. The normalized spacial score (nSPS) is 10.2. The summed E-state index contributed by atoms with van der Waals surface area (Å²) in [6.45, 7) is 15.3. The predicted molar refractivity (Wildman–Crippen MR) is 69.9 cm³/mol. The molecule has 0 amide bonds. The van der Waals surface area contributed by atoms with Gasteiger partial charge in [0.25, 0.3) is 0 Å². The molecule has 0 fully saturated rings. The highest BCUT2D eigenvalue weighted by atomic mass is 28.3. The number of aromatic nitrogens is 1. The van der Waals surface area contributed by atoms with Crippen LogP contribution in [0.1, 0.15) is 11.3 Å². The third-order valence-corrected chi connectivity index (χ3v) is 2.78. The Morgan fingerprint density at radius 3 is 2.56 bits per heavy atom. The van der Waals surface area contributed by atoms with Gasteiger partial charge in [0.1, 0.15) is 13.9 Å². The second kappa shape index (κ2) is 4.38. The van der Waals surface area contributed by atoms with E-state index in [-0.39, 0.29) is 0 Å². The summed E-state index contributed by atoms with van der Waals surface area (Å²) in [4.78, 5) is 7.51. The Morgan fingerprint density at radius 2 is 2.06 bits per heavy atom. The molecular formula is C12H15N3Si. The van der Waals surface area contributed by atoms with E-state index >= 15 is 0 Å². The van der Waals surface area contributed by atoms with Gasteiger partial charge in [-0.15, -0.1) is 5.54 Å². The number of aryl methyl sites for hydroxylation is 1. The van der Waals surface area contributed by atoms with Gasteiger partial charge in [0, 0.05) is 5.69 Å². The first kappa shape index (κ1) is 12.3. The number of rotatable bonds is 0. The fraction of sp³-hybridized carbons (Fsp3) is 0.333. The van der Waals surface area contributed by atoms with Gasteiger partial charge in [-0.25, -0.2) is 9.83 Å². The van der Waals surface area contributed by atoms with Crippen molar-refractivity contribution < 1.29 is 0 Å². The molecule has 0 spiro atoms. The summed E-state index contributed by atoms with van der Waals surface area (Å²) in [6.07, 6.45) is 0. The fourth-order valence-electron chi connectivity index (χ4n) is 1.08. The number of anilines is 1. The zero-order valence-corrected chi connectivity index (χ0v) is 11.0. The second-order valence-corrected chi connectivity index (χ2v) is 9.39. The SMILES string of the molecule is [C-]#[N+]c1cc(C#C[Si](C)(C)C)c(N)nc1C. The van der Waals surface area contributed by atoms with Crippen LogP contribution in [0.2, 0.25) is 19.6 Å². The van der Waals surface area contributed by atoms with Crippen LogP contribution in [0, 0.1) is 25.0 Å². The minimum absolute atomic E-state index is 0.413. The van der Waals surface area contributed by atoms with Gasteiger partial charge in [0.15, 0.2) is 0 Å². The molecule has 1 aromatic heterocycles. The Hall–Kier alpha value is -1.78. The number of hydrogen-bond acceptors (Lipinski definition) is 2. The maximum absolute atomic E-state index is 7.01. The maximum Gasteiger partial charge on any atom is 0.209 e. The van der Waals surface area contributed by atoms with Crippen LogP contribution in [-0.2, 0) is 0 Å². The van der Waals surface area contributed by atoms with Crippen LogP contribution in [0.15, 0.2) is 6.07 Å². The van der Waals surface area contributed by atoms with Crippen molar-refractivity contribution in [2.75, 3.05) is 5.73 Å². The Labute approximate surface area is 97.5 Å². The molecule has 0 bridgehead atoms. The minimum atomic E-state index is -1.43. The molecule has 4 heteroatoms. The summed E-state index contributed by atoms with van der Waals surface area (Å²) in [5.41, 5.74) is 10.8. The average Bonchev–Trinajstić information content (AvgIpc) is 2.15. The molecule has 0 radical (unpaired) electrons. The molecule has 1 rings (SSSR count). The molecule has 0 saturated carbocycles. The summed E-state index contributed by atoms with van der Waals surface area (Å²) >= 11 is 0. The molecule has 0 aliphatic rings. The first-order chi connectivity index (χ1) is 7.33. The highest BCUT2D eigenvalue weighted by molar-refractivity contribution is 6.83. The number of hydrogen-bond donors (Lipinski definition) is 1. The van der Waals surface area contributed by atoms with Crippen molar-refractivity contribution in [1.82, 2.24) is 4.98 Å². The number of nitrogen functional groups attached to an aromatic ring is 1. The highest BCUT2D eigenvalue weighted by Gasteiger charge is 2.09. The van der Waals surface area contributed by atoms with Crippen molar-refractivity contribution in [3.63, 3.8) is 0 Å². The average molecular weight is 229 g/mol. The van der Waals surface area contributed by atoms with E-state index in [2.05, 4.69) is 40.9 Å². The van der Waals surface area contributed by atoms with Crippen LogP contribution in [-0.4, -0.2) is 13.1 Å². The zero-order valence-electron chi connectivity index (χ0n) is 10.0. The molecule has 2 N–H and O–H groups in total. The monoisotopic (exact) mass is 229 g/mol. The van der Waals surface area contributed by atoms with Crippen molar-refractivity contribution in [3.05, 3.63) is 28.7 Å². The molecule has 1 heterocycles. The van der Waals surface area contributed by atoms with Crippen molar-refractivity contribution in [2.24, 2.45) is 0 Å². The third kappa shape index (κ3) is 3.11. The lowest BCUT2D eigenvalue weighted by Crippen LogP contribution is -2.16. The van der Waals surface area contributed by atoms with Gasteiger partial charge >= 0.3 is 0 Å². The highest BCUT2D eigenvalue weighted by Crippen LogP contribution is 2.21. The van der Waals surface area contributed by atoms with Crippen LogP contribution >= 0.6 is 0 Å². The van der Waals surface area contributed by atoms with Crippen molar-refractivity contribution in [1.29, 1.82) is 0 Å². The van der Waals surface area contributed by atoms with E-state index in [1.165, 1.54) is 0 Å². The van der Waals surface area contributed by atoms with E-state index in [9.17, 15) is 0 Å². The molecule has 0 atom stereocenters. The van der Waals surface area contributed by atoms with Gasteiger partial charge in [-0.2, -0.15) is 0 Å². The molecule has 1 aromatic rings. The van der Waals surface area contributed by atoms with Gasteiger partial charge in [0.2, 0.25) is 5.69 Å². The topological polar surface area (TPSA) is 43.3 Å². The van der Waals surface area contributed by atoms with Crippen molar-refractivity contribution in [3.8, 4) is 11.5 Å². The Morgan fingerprint density at radius 1 is 1.44 bits per heavy atom. The third-order valence-electron chi connectivity index (χ3n) is 1.91. The van der Waals surface area contributed by atoms with E-state index in [4.69, 9.17) is 12.3 Å². The molecule has 82 valence electrons. The van der Waals surface area contributed by atoms with Crippen molar-refractivity contribution in [2.45, 2.75) is 26.6 Å². The molecule has 0 aromatic carbocycles. The lowest BCUT2D eigenvalue weighted by Gasteiger charge is -2.05. The molecule has 0 aliphatic carbocycles. The van der Waals surface area contributed by atoms with Gasteiger partial charge in [0.05, 0.1) is 12.1 Å². The van der Waals surface area contributed by atoms with E-state index in [0.29, 0.717) is 22.8 Å².